The Morgan fingerprint density at radius 3 is 2.23 bits per heavy atom. The zero-order chi connectivity index (χ0) is 9.90. The molecule has 0 atom stereocenters. The van der Waals surface area contributed by atoms with E-state index in [0.29, 0.717) is 11.3 Å². The maximum Gasteiger partial charge on any atom is 0.255 e. The van der Waals surface area contributed by atoms with Gasteiger partial charge in [0.25, 0.3) is 4.52 Å². The molecule has 1 rings (SSSR count). The lowest BCUT2D eigenvalue weighted by molar-refractivity contribution is 0.262. The first-order valence-electron chi connectivity index (χ1n) is 3.58. The standard InChI is InChI=1S/C9H7Cl2NO/c1-9(10,11)13-8-4-2-7(6-12)3-5-8/h2-5H,1H3. The number of nitriles is 1. The summed E-state index contributed by atoms with van der Waals surface area (Å²) < 4.78 is 3.88. The molecule has 0 radical (unpaired) electrons. The lowest BCUT2D eigenvalue weighted by Crippen LogP contribution is -2.15. The van der Waals surface area contributed by atoms with Crippen molar-refractivity contribution in [2.75, 3.05) is 0 Å². The van der Waals surface area contributed by atoms with E-state index in [0.717, 1.165) is 0 Å². The second-order valence-corrected chi connectivity index (χ2v) is 4.18. The fourth-order valence-corrected chi connectivity index (χ4v) is 0.983. The molecule has 0 N–H and O–H groups in total. The molecule has 0 saturated carbocycles. The van der Waals surface area contributed by atoms with Crippen molar-refractivity contribution in [1.82, 2.24) is 0 Å². The van der Waals surface area contributed by atoms with Gasteiger partial charge in [0.2, 0.25) is 0 Å². The van der Waals surface area contributed by atoms with E-state index in [1.54, 1.807) is 24.3 Å². The normalized spacial score (nSPS) is 10.6. The smallest absolute Gasteiger partial charge is 0.255 e. The number of hydrogen-bond acceptors (Lipinski definition) is 2. The molecule has 1 aromatic rings. The summed E-state index contributed by atoms with van der Waals surface area (Å²) in [5, 5.41) is 8.52. The lowest BCUT2D eigenvalue weighted by Gasteiger charge is -2.15. The molecule has 0 aliphatic carbocycles. The van der Waals surface area contributed by atoms with Gasteiger partial charge in [0, 0.05) is 6.92 Å². The first kappa shape index (κ1) is 10.2. The van der Waals surface area contributed by atoms with Crippen LogP contribution in [0.2, 0.25) is 0 Å². The van der Waals surface area contributed by atoms with Gasteiger partial charge in [-0.25, -0.2) is 0 Å². The summed E-state index contributed by atoms with van der Waals surface area (Å²) in [6.07, 6.45) is 0. The van der Waals surface area contributed by atoms with Crippen molar-refractivity contribution >= 4 is 23.2 Å². The van der Waals surface area contributed by atoms with Crippen LogP contribution < -0.4 is 4.74 Å². The van der Waals surface area contributed by atoms with Crippen LogP contribution in [-0.2, 0) is 0 Å². The topological polar surface area (TPSA) is 33.0 Å². The van der Waals surface area contributed by atoms with Crippen LogP contribution in [0.25, 0.3) is 0 Å². The molecule has 0 bridgehead atoms. The van der Waals surface area contributed by atoms with Crippen molar-refractivity contribution in [3.63, 3.8) is 0 Å². The van der Waals surface area contributed by atoms with E-state index in [9.17, 15) is 0 Å². The number of alkyl halides is 2. The number of hydrogen-bond donors (Lipinski definition) is 0. The van der Waals surface area contributed by atoms with Gasteiger partial charge in [0.05, 0.1) is 11.6 Å². The summed E-state index contributed by atoms with van der Waals surface area (Å²) in [7, 11) is 0. The number of ether oxygens (including phenoxy) is 1. The highest BCUT2D eigenvalue weighted by Gasteiger charge is 2.17. The van der Waals surface area contributed by atoms with Crippen LogP contribution in [0.5, 0.6) is 5.75 Å². The fourth-order valence-electron chi connectivity index (χ4n) is 0.804. The van der Waals surface area contributed by atoms with Gasteiger partial charge in [-0.2, -0.15) is 5.26 Å². The highest BCUT2D eigenvalue weighted by atomic mass is 35.5. The van der Waals surface area contributed by atoms with E-state index in [1.807, 2.05) is 6.07 Å². The van der Waals surface area contributed by atoms with Crippen molar-refractivity contribution < 1.29 is 4.74 Å². The van der Waals surface area contributed by atoms with Crippen molar-refractivity contribution in [1.29, 1.82) is 5.26 Å². The van der Waals surface area contributed by atoms with E-state index in [2.05, 4.69) is 0 Å². The molecule has 0 saturated heterocycles. The van der Waals surface area contributed by atoms with Crippen molar-refractivity contribution in [3.8, 4) is 11.8 Å². The second kappa shape index (κ2) is 3.87. The molecule has 0 amide bonds. The monoisotopic (exact) mass is 215 g/mol. The first-order valence-corrected chi connectivity index (χ1v) is 4.34. The van der Waals surface area contributed by atoms with Gasteiger partial charge < -0.3 is 4.74 Å². The number of rotatable bonds is 2. The van der Waals surface area contributed by atoms with Crippen LogP contribution >= 0.6 is 23.2 Å². The molecule has 0 aliphatic heterocycles. The Kier molecular flexibility index (Phi) is 3.02. The van der Waals surface area contributed by atoms with Crippen LogP contribution in [0, 0.1) is 11.3 Å². The minimum absolute atomic E-state index is 0.534. The average Bonchev–Trinajstić information content (AvgIpc) is 2.03. The predicted molar refractivity (Wildman–Crippen MR) is 51.9 cm³/mol. The van der Waals surface area contributed by atoms with Crippen LogP contribution in [0.4, 0.5) is 0 Å². The number of halogens is 2. The van der Waals surface area contributed by atoms with Gasteiger partial charge in [-0.15, -0.1) is 0 Å². The van der Waals surface area contributed by atoms with Gasteiger partial charge in [0.15, 0.2) is 0 Å². The predicted octanol–water partition coefficient (Wildman–Crippen LogP) is 3.09. The zero-order valence-electron chi connectivity index (χ0n) is 6.92. The molecule has 1 aromatic carbocycles. The summed E-state index contributed by atoms with van der Waals surface area (Å²) >= 11 is 11.2. The summed E-state index contributed by atoms with van der Waals surface area (Å²) in [4.78, 5) is 0. The quantitative estimate of drug-likeness (QED) is 0.711. The third kappa shape index (κ3) is 3.54. The van der Waals surface area contributed by atoms with Crippen LogP contribution in [0.15, 0.2) is 24.3 Å². The first-order chi connectivity index (χ1) is 6.01. The number of nitrogens with zero attached hydrogens (tertiary/aromatic N) is 1. The molecule has 0 aromatic heterocycles. The summed E-state index contributed by atoms with van der Waals surface area (Å²) in [5.41, 5.74) is 0.568. The van der Waals surface area contributed by atoms with E-state index in [4.69, 9.17) is 33.2 Å². The molecule has 0 spiro atoms. The van der Waals surface area contributed by atoms with Gasteiger partial charge in [-0.05, 0) is 24.3 Å². The Balaban J connectivity index is 2.77. The molecular weight excluding hydrogens is 209 g/mol. The molecule has 4 heteroatoms. The zero-order valence-corrected chi connectivity index (χ0v) is 8.43. The third-order valence-electron chi connectivity index (χ3n) is 1.28. The maximum atomic E-state index is 8.52. The van der Waals surface area contributed by atoms with E-state index in [1.165, 1.54) is 6.92 Å². The van der Waals surface area contributed by atoms with Crippen LogP contribution in [0.1, 0.15) is 12.5 Å². The van der Waals surface area contributed by atoms with E-state index in [-0.39, 0.29) is 0 Å². The molecule has 2 nitrogen and oxygen atoms in total. The Hall–Kier alpha value is -0.910. The Morgan fingerprint density at radius 1 is 1.31 bits per heavy atom. The van der Waals surface area contributed by atoms with E-state index >= 15 is 0 Å². The highest BCUT2D eigenvalue weighted by Crippen LogP contribution is 2.25. The van der Waals surface area contributed by atoms with Crippen LogP contribution in [-0.4, -0.2) is 4.52 Å². The summed E-state index contributed by atoms with van der Waals surface area (Å²) in [6, 6.07) is 8.54. The van der Waals surface area contributed by atoms with Crippen LogP contribution in [0.3, 0.4) is 0 Å². The lowest BCUT2D eigenvalue weighted by atomic mass is 10.2. The van der Waals surface area contributed by atoms with Crippen molar-refractivity contribution in [3.05, 3.63) is 29.8 Å². The summed E-state index contributed by atoms with van der Waals surface area (Å²) in [6.45, 7) is 1.52. The second-order valence-electron chi connectivity index (χ2n) is 2.55. The van der Waals surface area contributed by atoms with Gasteiger partial charge in [-0.3, -0.25) is 0 Å². The fraction of sp³-hybridized carbons (Fsp3) is 0.222. The molecule has 0 heterocycles. The maximum absolute atomic E-state index is 8.52. The average molecular weight is 216 g/mol. The summed E-state index contributed by atoms with van der Waals surface area (Å²) in [5.74, 6) is 0.534. The van der Waals surface area contributed by atoms with Gasteiger partial charge in [-0.1, -0.05) is 23.2 Å². The number of benzene rings is 1. The molecule has 68 valence electrons. The molecular formula is C9H7Cl2NO. The third-order valence-corrected chi connectivity index (χ3v) is 1.43. The van der Waals surface area contributed by atoms with Gasteiger partial charge >= 0.3 is 0 Å². The molecule has 0 unspecified atom stereocenters. The minimum atomic E-state index is -1.24. The highest BCUT2D eigenvalue weighted by molar-refractivity contribution is 6.47. The molecule has 0 aliphatic rings. The SMILES string of the molecule is CC(Cl)(Cl)Oc1ccc(C#N)cc1. The molecule has 0 fully saturated rings. The molecule has 13 heavy (non-hydrogen) atoms. The van der Waals surface area contributed by atoms with Gasteiger partial charge in [0.1, 0.15) is 5.75 Å². The Labute approximate surface area is 86.6 Å². The van der Waals surface area contributed by atoms with E-state index < -0.39 is 4.52 Å². The Bertz CT molecular complexity index is 321. The minimum Gasteiger partial charge on any atom is -0.458 e. The Morgan fingerprint density at radius 2 is 1.85 bits per heavy atom. The van der Waals surface area contributed by atoms with Crippen molar-refractivity contribution in [2.45, 2.75) is 11.4 Å². The van der Waals surface area contributed by atoms with Crippen molar-refractivity contribution in [2.24, 2.45) is 0 Å². The largest absolute Gasteiger partial charge is 0.458 e.